The molecule has 29 heavy (non-hydrogen) atoms. The third-order valence-corrected chi connectivity index (χ3v) is 5.34. The van der Waals surface area contributed by atoms with E-state index < -0.39 is 5.25 Å². The van der Waals surface area contributed by atoms with E-state index in [0.717, 1.165) is 5.56 Å². The van der Waals surface area contributed by atoms with Gasteiger partial charge in [-0.1, -0.05) is 30.0 Å². The van der Waals surface area contributed by atoms with Gasteiger partial charge >= 0.3 is 0 Å². The van der Waals surface area contributed by atoms with Gasteiger partial charge in [0, 0.05) is 6.54 Å². The first-order valence-corrected chi connectivity index (χ1v) is 9.78. The Morgan fingerprint density at radius 2 is 2.10 bits per heavy atom. The van der Waals surface area contributed by atoms with Crippen molar-refractivity contribution >= 4 is 17.7 Å². The van der Waals surface area contributed by atoms with Gasteiger partial charge in [0.2, 0.25) is 17.9 Å². The van der Waals surface area contributed by atoms with E-state index in [4.69, 9.17) is 14.2 Å². The van der Waals surface area contributed by atoms with Crippen molar-refractivity contribution in [3.63, 3.8) is 0 Å². The lowest BCUT2D eigenvalue weighted by Gasteiger charge is -2.13. The first-order valence-electron chi connectivity index (χ1n) is 8.90. The van der Waals surface area contributed by atoms with Crippen molar-refractivity contribution in [3.8, 4) is 22.9 Å². The Morgan fingerprint density at radius 3 is 2.97 bits per heavy atom. The summed E-state index contributed by atoms with van der Waals surface area (Å²) in [6.07, 6.45) is 0. The first kappa shape index (κ1) is 19.1. The maximum absolute atomic E-state index is 12.6. The molecule has 10 heteroatoms. The fourth-order valence-corrected chi connectivity index (χ4v) is 3.63. The van der Waals surface area contributed by atoms with Crippen LogP contribution in [0.25, 0.3) is 5.69 Å². The Kier molecular flexibility index (Phi) is 5.52. The Labute approximate surface area is 171 Å². The number of amides is 1. The Morgan fingerprint density at radius 1 is 1.28 bits per heavy atom. The fourth-order valence-electron chi connectivity index (χ4n) is 2.80. The van der Waals surface area contributed by atoms with E-state index in [9.17, 15) is 4.79 Å². The second kappa shape index (κ2) is 8.39. The van der Waals surface area contributed by atoms with Crippen molar-refractivity contribution in [1.82, 2.24) is 25.5 Å². The zero-order valence-corrected chi connectivity index (χ0v) is 16.7. The Balaban J connectivity index is 1.40. The summed E-state index contributed by atoms with van der Waals surface area (Å²) in [6, 6.07) is 13.0. The largest absolute Gasteiger partial charge is 0.494 e. The number of hydrogen-bond donors (Lipinski definition) is 1. The van der Waals surface area contributed by atoms with Crippen molar-refractivity contribution in [2.75, 3.05) is 13.9 Å². The molecule has 0 spiro atoms. The van der Waals surface area contributed by atoms with E-state index in [1.165, 1.54) is 11.8 Å². The number of carbonyl (C=O) groups excluding carboxylic acids is 1. The van der Waals surface area contributed by atoms with Gasteiger partial charge in [-0.25, -0.2) is 0 Å². The molecule has 1 aliphatic heterocycles. The molecule has 9 nitrogen and oxygen atoms in total. The van der Waals surface area contributed by atoms with E-state index in [0.29, 0.717) is 34.6 Å². The number of tetrazole rings is 1. The van der Waals surface area contributed by atoms with Crippen LogP contribution < -0.4 is 19.5 Å². The summed E-state index contributed by atoms with van der Waals surface area (Å²) in [5.74, 6) is 1.92. The fraction of sp³-hybridized carbons (Fsp3) is 0.263. The number of nitrogens with one attached hydrogen (secondary N) is 1. The summed E-state index contributed by atoms with van der Waals surface area (Å²) in [7, 11) is 1.59. The minimum Gasteiger partial charge on any atom is -0.494 e. The lowest BCUT2D eigenvalue weighted by Crippen LogP contribution is -2.30. The summed E-state index contributed by atoms with van der Waals surface area (Å²) < 4.78 is 17.6. The van der Waals surface area contributed by atoms with Gasteiger partial charge in [-0.05, 0) is 47.2 Å². The van der Waals surface area contributed by atoms with Crippen LogP contribution in [0.1, 0.15) is 12.5 Å². The van der Waals surface area contributed by atoms with Gasteiger partial charge in [-0.3, -0.25) is 4.79 Å². The molecule has 0 aliphatic carbocycles. The van der Waals surface area contributed by atoms with Crippen LogP contribution in [-0.2, 0) is 11.3 Å². The number of fused-ring (bicyclic) bond motifs is 1. The van der Waals surface area contributed by atoms with Gasteiger partial charge in [0.05, 0.1) is 12.4 Å². The van der Waals surface area contributed by atoms with Gasteiger partial charge in [0.25, 0.3) is 0 Å². The monoisotopic (exact) mass is 413 g/mol. The molecule has 3 aromatic rings. The van der Waals surface area contributed by atoms with E-state index in [-0.39, 0.29) is 12.7 Å². The van der Waals surface area contributed by atoms with Gasteiger partial charge in [0.15, 0.2) is 11.5 Å². The molecule has 1 aromatic heterocycles. The average molecular weight is 413 g/mol. The summed E-state index contributed by atoms with van der Waals surface area (Å²) in [5.41, 5.74) is 1.63. The van der Waals surface area contributed by atoms with E-state index >= 15 is 0 Å². The van der Waals surface area contributed by atoms with Crippen LogP contribution in [0, 0.1) is 0 Å². The summed E-state index contributed by atoms with van der Waals surface area (Å²) in [5, 5.41) is 14.8. The minimum atomic E-state index is -0.400. The number of carbonyl (C=O) groups is 1. The minimum absolute atomic E-state index is 0.123. The zero-order chi connectivity index (χ0) is 20.2. The van der Waals surface area contributed by atoms with Crippen LogP contribution in [0.4, 0.5) is 0 Å². The van der Waals surface area contributed by atoms with Crippen molar-refractivity contribution in [1.29, 1.82) is 0 Å². The van der Waals surface area contributed by atoms with Gasteiger partial charge in [-0.2, -0.15) is 4.68 Å². The maximum Gasteiger partial charge on any atom is 0.233 e. The number of para-hydroxylation sites is 2. The van der Waals surface area contributed by atoms with E-state index in [1.807, 2.05) is 42.5 Å². The highest BCUT2D eigenvalue weighted by molar-refractivity contribution is 8.00. The number of thioether (sulfide) groups is 1. The molecular weight excluding hydrogens is 394 g/mol. The standard InChI is InChI=1S/C19H19N5O4S/c1-12(18(25)20-10-13-7-8-16-17(9-13)28-11-27-16)29-19-21-22-23-24(19)14-5-3-4-6-15(14)26-2/h3-9,12H,10-11H2,1-2H3,(H,20,25). The molecule has 0 radical (unpaired) electrons. The molecule has 1 N–H and O–H groups in total. The van der Waals surface area contributed by atoms with Crippen LogP contribution >= 0.6 is 11.8 Å². The molecule has 0 saturated heterocycles. The van der Waals surface area contributed by atoms with Crippen molar-refractivity contribution < 1.29 is 19.0 Å². The highest BCUT2D eigenvalue weighted by atomic mass is 32.2. The number of methoxy groups -OCH3 is 1. The molecule has 150 valence electrons. The smallest absolute Gasteiger partial charge is 0.233 e. The number of nitrogens with zero attached hydrogens (tertiary/aromatic N) is 4. The Hall–Kier alpha value is -3.27. The third-order valence-electron chi connectivity index (χ3n) is 4.31. The predicted molar refractivity (Wildman–Crippen MR) is 105 cm³/mol. The lowest BCUT2D eigenvalue weighted by atomic mass is 10.2. The molecule has 1 atom stereocenters. The number of aromatic nitrogens is 4. The average Bonchev–Trinajstić information content (AvgIpc) is 3.40. The van der Waals surface area contributed by atoms with Gasteiger partial charge in [0.1, 0.15) is 11.4 Å². The molecule has 2 aromatic carbocycles. The highest BCUT2D eigenvalue weighted by Gasteiger charge is 2.21. The molecule has 1 amide bonds. The van der Waals surface area contributed by atoms with Gasteiger partial charge in [-0.15, -0.1) is 5.10 Å². The van der Waals surface area contributed by atoms with Crippen LogP contribution in [-0.4, -0.2) is 45.3 Å². The molecular formula is C19H19N5O4S. The van der Waals surface area contributed by atoms with Crippen molar-refractivity contribution in [3.05, 3.63) is 48.0 Å². The number of ether oxygens (including phenoxy) is 3. The van der Waals surface area contributed by atoms with Crippen LogP contribution in [0.3, 0.4) is 0 Å². The molecule has 0 bridgehead atoms. The second-order valence-electron chi connectivity index (χ2n) is 6.21. The summed E-state index contributed by atoms with van der Waals surface area (Å²) in [6.45, 7) is 2.42. The molecule has 0 fully saturated rings. The summed E-state index contributed by atoms with van der Waals surface area (Å²) >= 11 is 1.27. The van der Waals surface area contributed by atoms with Crippen LogP contribution in [0.2, 0.25) is 0 Å². The molecule has 1 unspecified atom stereocenters. The first-order chi connectivity index (χ1) is 14.2. The number of hydrogen-bond acceptors (Lipinski definition) is 8. The second-order valence-corrected chi connectivity index (χ2v) is 7.52. The normalized spacial score (nSPS) is 13.2. The topological polar surface area (TPSA) is 100 Å². The molecule has 2 heterocycles. The van der Waals surface area contributed by atoms with E-state index in [2.05, 4.69) is 20.8 Å². The van der Waals surface area contributed by atoms with Crippen molar-refractivity contribution in [2.24, 2.45) is 0 Å². The number of rotatable bonds is 7. The quantitative estimate of drug-likeness (QED) is 0.589. The summed E-state index contributed by atoms with van der Waals surface area (Å²) in [4.78, 5) is 12.6. The maximum atomic E-state index is 12.6. The third kappa shape index (κ3) is 4.11. The molecule has 0 saturated carbocycles. The van der Waals surface area contributed by atoms with E-state index in [1.54, 1.807) is 18.7 Å². The number of benzene rings is 2. The Bertz CT molecular complexity index is 1030. The highest BCUT2D eigenvalue weighted by Crippen LogP contribution is 2.32. The van der Waals surface area contributed by atoms with Crippen molar-refractivity contribution in [2.45, 2.75) is 23.9 Å². The molecule has 4 rings (SSSR count). The lowest BCUT2D eigenvalue weighted by molar-refractivity contribution is -0.120. The predicted octanol–water partition coefficient (Wildman–Crippen LogP) is 2.20. The van der Waals surface area contributed by atoms with Gasteiger partial charge < -0.3 is 19.5 Å². The van der Waals surface area contributed by atoms with Crippen LogP contribution in [0.5, 0.6) is 17.2 Å². The molecule has 1 aliphatic rings. The van der Waals surface area contributed by atoms with Crippen LogP contribution in [0.15, 0.2) is 47.6 Å². The zero-order valence-electron chi connectivity index (χ0n) is 15.9. The SMILES string of the molecule is COc1ccccc1-n1nnnc1SC(C)C(=O)NCc1ccc2c(c1)OCO2.